The maximum absolute atomic E-state index is 12.1. The molecule has 0 aliphatic carbocycles. The number of esters is 1. The summed E-state index contributed by atoms with van der Waals surface area (Å²) in [4.78, 5) is 25.3. The van der Waals surface area contributed by atoms with Crippen LogP contribution in [-0.2, 0) is 22.4 Å². The lowest BCUT2D eigenvalue weighted by atomic mass is 9.97. The normalized spacial score (nSPS) is 14.4. The number of nitrogens with zero attached hydrogens (tertiary/aromatic N) is 1. The SMILES string of the molecule is COC(=O)c1ccc2c(c1)CCN(C(=O)OC(C)(C)C)C2. The van der Waals surface area contributed by atoms with Gasteiger partial charge in [-0.2, -0.15) is 0 Å². The third-order valence-electron chi connectivity index (χ3n) is 3.29. The molecule has 0 unspecified atom stereocenters. The number of hydrogen-bond donors (Lipinski definition) is 0. The molecule has 21 heavy (non-hydrogen) atoms. The van der Waals surface area contributed by atoms with Gasteiger partial charge in [-0.15, -0.1) is 0 Å². The predicted octanol–water partition coefficient (Wildman–Crippen LogP) is 2.77. The van der Waals surface area contributed by atoms with Crippen molar-refractivity contribution in [3.63, 3.8) is 0 Å². The Morgan fingerprint density at radius 1 is 1.19 bits per heavy atom. The molecule has 1 aromatic rings. The summed E-state index contributed by atoms with van der Waals surface area (Å²) in [5.74, 6) is -0.340. The maximum atomic E-state index is 12.1. The Kier molecular flexibility index (Phi) is 4.21. The minimum atomic E-state index is -0.494. The molecule has 0 bridgehead atoms. The first-order valence-electron chi connectivity index (χ1n) is 6.98. The van der Waals surface area contributed by atoms with Crippen molar-refractivity contribution in [2.75, 3.05) is 13.7 Å². The molecule has 0 spiro atoms. The van der Waals surface area contributed by atoms with Gasteiger partial charge in [-0.25, -0.2) is 9.59 Å². The van der Waals surface area contributed by atoms with Gasteiger partial charge in [0.15, 0.2) is 0 Å². The average Bonchev–Trinajstić information content (AvgIpc) is 2.43. The number of rotatable bonds is 1. The van der Waals surface area contributed by atoms with E-state index in [0.717, 1.165) is 11.1 Å². The van der Waals surface area contributed by atoms with Crippen LogP contribution < -0.4 is 0 Å². The van der Waals surface area contributed by atoms with Gasteiger partial charge in [-0.3, -0.25) is 0 Å². The van der Waals surface area contributed by atoms with Crippen LogP contribution in [0.5, 0.6) is 0 Å². The zero-order valence-corrected chi connectivity index (χ0v) is 12.9. The van der Waals surface area contributed by atoms with E-state index in [4.69, 9.17) is 9.47 Å². The van der Waals surface area contributed by atoms with Gasteiger partial charge in [0.2, 0.25) is 0 Å². The second-order valence-electron chi connectivity index (χ2n) is 6.13. The summed E-state index contributed by atoms with van der Waals surface area (Å²) in [6, 6.07) is 5.44. The third kappa shape index (κ3) is 3.74. The fraction of sp³-hybridized carbons (Fsp3) is 0.500. The van der Waals surface area contributed by atoms with Crippen LogP contribution in [0.3, 0.4) is 0 Å². The molecule has 0 saturated carbocycles. The van der Waals surface area contributed by atoms with Crippen molar-refractivity contribution in [1.29, 1.82) is 0 Å². The van der Waals surface area contributed by atoms with Crippen LogP contribution in [-0.4, -0.2) is 36.2 Å². The number of methoxy groups -OCH3 is 1. The number of amides is 1. The van der Waals surface area contributed by atoms with Crippen LogP contribution >= 0.6 is 0 Å². The van der Waals surface area contributed by atoms with Crippen molar-refractivity contribution >= 4 is 12.1 Å². The molecule has 0 aromatic heterocycles. The van der Waals surface area contributed by atoms with Gasteiger partial charge in [0, 0.05) is 13.1 Å². The lowest BCUT2D eigenvalue weighted by Gasteiger charge is -2.31. The minimum absolute atomic E-state index is 0.301. The van der Waals surface area contributed by atoms with E-state index in [1.165, 1.54) is 7.11 Å². The Morgan fingerprint density at radius 3 is 2.52 bits per heavy atom. The van der Waals surface area contributed by atoms with Gasteiger partial charge in [-0.05, 0) is 50.5 Å². The standard InChI is InChI=1S/C16H21NO4/c1-16(2,3)21-15(19)17-8-7-11-9-12(14(18)20-4)5-6-13(11)10-17/h5-6,9H,7-8,10H2,1-4H3. The predicted molar refractivity (Wildman–Crippen MR) is 78.1 cm³/mol. The van der Waals surface area contributed by atoms with Gasteiger partial charge in [0.25, 0.3) is 0 Å². The number of carbonyl (C=O) groups is 2. The lowest BCUT2D eigenvalue weighted by molar-refractivity contribution is 0.0223. The lowest BCUT2D eigenvalue weighted by Crippen LogP contribution is -2.39. The van der Waals surface area contributed by atoms with E-state index in [9.17, 15) is 9.59 Å². The Balaban J connectivity index is 2.11. The van der Waals surface area contributed by atoms with Crippen molar-refractivity contribution in [3.05, 3.63) is 34.9 Å². The van der Waals surface area contributed by atoms with Crippen LogP contribution in [0.25, 0.3) is 0 Å². The van der Waals surface area contributed by atoms with E-state index in [0.29, 0.717) is 25.1 Å². The molecular formula is C16H21NO4. The Labute approximate surface area is 124 Å². The first-order valence-corrected chi connectivity index (χ1v) is 6.98. The molecule has 0 atom stereocenters. The summed E-state index contributed by atoms with van der Waals surface area (Å²) in [7, 11) is 1.37. The van der Waals surface area contributed by atoms with E-state index >= 15 is 0 Å². The number of benzene rings is 1. The van der Waals surface area contributed by atoms with Crippen LogP contribution in [0.15, 0.2) is 18.2 Å². The molecule has 1 aliphatic rings. The van der Waals surface area contributed by atoms with Crippen molar-refractivity contribution in [1.82, 2.24) is 4.90 Å². The number of hydrogen-bond acceptors (Lipinski definition) is 4. The van der Waals surface area contributed by atoms with Gasteiger partial charge >= 0.3 is 12.1 Å². The van der Waals surface area contributed by atoms with Gasteiger partial charge < -0.3 is 14.4 Å². The molecular weight excluding hydrogens is 270 g/mol. The first kappa shape index (κ1) is 15.4. The van der Waals surface area contributed by atoms with Crippen LogP contribution in [0, 0.1) is 0 Å². The topological polar surface area (TPSA) is 55.8 Å². The van der Waals surface area contributed by atoms with Crippen molar-refractivity contribution < 1.29 is 19.1 Å². The van der Waals surface area contributed by atoms with Gasteiger partial charge in [0.05, 0.1) is 12.7 Å². The average molecular weight is 291 g/mol. The van der Waals surface area contributed by atoms with E-state index in [1.54, 1.807) is 11.0 Å². The highest BCUT2D eigenvalue weighted by Crippen LogP contribution is 2.22. The smallest absolute Gasteiger partial charge is 0.410 e. The first-order chi connectivity index (χ1) is 9.80. The van der Waals surface area contributed by atoms with E-state index in [2.05, 4.69) is 0 Å². The summed E-state index contributed by atoms with van der Waals surface area (Å²) < 4.78 is 10.1. The fourth-order valence-electron chi connectivity index (χ4n) is 2.28. The molecule has 1 aliphatic heterocycles. The molecule has 0 N–H and O–H groups in total. The van der Waals surface area contributed by atoms with Crippen molar-refractivity contribution in [3.8, 4) is 0 Å². The largest absolute Gasteiger partial charge is 0.465 e. The summed E-state index contributed by atoms with van der Waals surface area (Å²) in [6.45, 7) is 6.65. The number of fused-ring (bicyclic) bond motifs is 1. The minimum Gasteiger partial charge on any atom is -0.465 e. The van der Waals surface area contributed by atoms with E-state index < -0.39 is 5.60 Å². The molecule has 0 saturated heterocycles. The molecule has 2 rings (SSSR count). The van der Waals surface area contributed by atoms with E-state index in [-0.39, 0.29) is 12.1 Å². The highest BCUT2D eigenvalue weighted by Gasteiger charge is 2.26. The molecule has 1 amide bonds. The Hall–Kier alpha value is -2.04. The molecule has 0 fully saturated rings. The summed E-state index contributed by atoms with van der Waals surface area (Å²) in [5.41, 5.74) is 2.17. The monoisotopic (exact) mass is 291 g/mol. The number of ether oxygens (including phenoxy) is 2. The third-order valence-corrected chi connectivity index (χ3v) is 3.29. The van der Waals surface area contributed by atoms with Crippen LogP contribution in [0.4, 0.5) is 4.79 Å². The summed E-state index contributed by atoms with van der Waals surface area (Å²) >= 11 is 0. The molecule has 5 nitrogen and oxygen atoms in total. The second kappa shape index (κ2) is 5.76. The number of carbonyl (C=O) groups excluding carboxylic acids is 2. The summed E-state index contributed by atoms with van der Waals surface area (Å²) in [5, 5.41) is 0. The maximum Gasteiger partial charge on any atom is 0.410 e. The molecule has 1 heterocycles. The fourth-order valence-corrected chi connectivity index (χ4v) is 2.28. The van der Waals surface area contributed by atoms with Crippen molar-refractivity contribution in [2.45, 2.75) is 39.3 Å². The second-order valence-corrected chi connectivity index (χ2v) is 6.13. The van der Waals surface area contributed by atoms with Gasteiger partial charge in [-0.1, -0.05) is 6.07 Å². The molecule has 114 valence electrons. The van der Waals surface area contributed by atoms with Crippen LogP contribution in [0.1, 0.15) is 42.3 Å². The Morgan fingerprint density at radius 2 is 1.90 bits per heavy atom. The Bertz CT molecular complexity index is 560. The quantitative estimate of drug-likeness (QED) is 0.747. The van der Waals surface area contributed by atoms with Gasteiger partial charge in [0.1, 0.15) is 5.60 Å². The van der Waals surface area contributed by atoms with Crippen molar-refractivity contribution in [2.24, 2.45) is 0 Å². The summed E-state index contributed by atoms with van der Waals surface area (Å²) in [6.07, 6.45) is 0.407. The van der Waals surface area contributed by atoms with E-state index in [1.807, 2.05) is 32.9 Å². The zero-order valence-electron chi connectivity index (χ0n) is 12.9. The van der Waals surface area contributed by atoms with Crippen LogP contribution in [0.2, 0.25) is 0 Å². The molecule has 5 heteroatoms. The molecule has 1 aromatic carbocycles. The molecule has 0 radical (unpaired) electrons. The highest BCUT2D eigenvalue weighted by atomic mass is 16.6. The zero-order chi connectivity index (χ0) is 15.6. The highest BCUT2D eigenvalue weighted by molar-refractivity contribution is 5.89.